The van der Waals surface area contributed by atoms with Crippen LogP contribution in [0.4, 0.5) is 15.5 Å². The molecule has 0 fully saturated rings. The monoisotopic (exact) mass is 347 g/mol. The van der Waals surface area contributed by atoms with Gasteiger partial charge in [-0.25, -0.2) is 14.6 Å². The van der Waals surface area contributed by atoms with Crippen LogP contribution >= 0.6 is 21.6 Å². The predicted octanol–water partition coefficient (Wildman–Crippen LogP) is 0.849. The summed E-state index contributed by atoms with van der Waals surface area (Å²) in [5, 5.41) is 15.7. The number of nitrogens with zero attached hydrogens (tertiary/aromatic N) is 1. The van der Waals surface area contributed by atoms with Crippen LogP contribution in [0.2, 0.25) is 0 Å². The lowest BCUT2D eigenvalue weighted by Crippen LogP contribution is -2.31. The second-order valence-corrected chi connectivity index (χ2v) is 6.69. The number of amides is 3. The maximum Gasteiger partial charge on any atom is 0.404 e. The number of hydrogen-bond acceptors (Lipinski definition) is 6. The number of urea groups is 1. The average Bonchev–Trinajstić information content (AvgIpc) is 2.40. The van der Waals surface area contributed by atoms with Crippen molar-refractivity contribution in [3.63, 3.8) is 0 Å². The molecule has 0 unspecified atom stereocenters. The lowest BCUT2D eigenvalue weighted by Gasteiger charge is -2.07. The second kappa shape index (κ2) is 9.95. The summed E-state index contributed by atoms with van der Waals surface area (Å²) in [5.41, 5.74) is 0.186. The van der Waals surface area contributed by atoms with E-state index in [-0.39, 0.29) is 11.5 Å². The molecule has 0 atom stereocenters. The normalized spacial score (nSPS) is 10.0. The van der Waals surface area contributed by atoms with Crippen molar-refractivity contribution in [3.05, 3.63) is 22.1 Å². The summed E-state index contributed by atoms with van der Waals surface area (Å²) in [6, 6.07) is 0.878. The molecule has 1 aromatic heterocycles. The number of H-pyrrole nitrogens is 1. The van der Waals surface area contributed by atoms with E-state index in [4.69, 9.17) is 5.11 Å². The molecule has 11 heteroatoms. The Morgan fingerprint density at radius 2 is 1.91 bits per heavy atom. The first kappa shape index (κ1) is 18.2. The molecule has 5 N–H and O–H groups in total. The van der Waals surface area contributed by atoms with E-state index in [1.807, 2.05) is 0 Å². The highest BCUT2D eigenvalue weighted by molar-refractivity contribution is 8.76. The topological polar surface area (TPSA) is 136 Å². The molecule has 0 aliphatic heterocycles. The first-order chi connectivity index (χ1) is 10.5. The van der Waals surface area contributed by atoms with Crippen molar-refractivity contribution in [3.8, 4) is 0 Å². The zero-order chi connectivity index (χ0) is 16.4. The van der Waals surface area contributed by atoms with Crippen LogP contribution in [0.5, 0.6) is 0 Å². The van der Waals surface area contributed by atoms with E-state index in [9.17, 15) is 14.4 Å². The number of aromatic amines is 1. The van der Waals surface area contributed by atoms with E-state index in [0.29, 0.717) is 30.3 Å². The highest BCUT2D eigenvalue weighted by Crippen LogP contribution is 2.19. The van der Waals surface area contributed by atoms with Gasteiger partial charge in [0.25, 0.3) is 5.56 Å². The summed E-state index contributed by atoms with van der Waals surface area (Å²) in [4.78, 5) is 39.4. The largest absolute Gasteiger partial charge is 0.465 e. The number of nitrogens with one attached hydrogen (secondary N) is 4. The number of carboxylic acid groups (broad SMARTS) is 1. The Labute approximate surface area is 134 Å². The Kier molecular flexibility index (Phi) is 8.22. The van der Waals surface area contributed by atoms with Gasteiger partial charge in [-0.3, -0.25) is 15.1 Å². The van der Waals surface area contributed by atoms with Crippen molar-refractivity contribution in [2.45, 2.75) is 6.92 Å². The van der Waals surface area contributed by atoms with E-state index >= 15 is 0 Å². The van der Waals surface area contributed by atoms with E-state index in [1.54, 1.807) is 6.92 Å². The van der Waals surface area contributed by atoms with Gasteiger partial charge < -0.3 is 15.7 Å². The van der Waals surface area contributed by atoms with E-state index in [2.05, 4.69) is 25.9 Å². The third-order valence-corrected chi connectivity index (χ3v) is 4.53. The minimum Gasteiger partial charge on any atom is -0.465 e. The number of carbonyl (C=O) groups is 2. The summed E-state index contributed by atoms with van der Waals surface area (Å²) in [6.07, 6.45) is -1.04. The molecular formula is C11H17N5O4S2. The van der Waals surface area contributed by atoms with E-state index < -0.39 is 12.1 Å². The number of aryl methyl sites for hydroxylation is 1. The molecule has 0 saturated carbocycles. The summed E-state index contributed by atoms with van der Waals surface area (Å²) >= 11 is 0. The highest BCUT2D eigenvalue weighted by Gasteiger charge is 2.04. The Hall–Kier alpha value is -1.88. The minimum absolute atomic E-state index is 0.101. The zero-order valence-electron chi connectivity index (χ0n) is 11.8. The van der Waals surface area contributed by atoms with Crippen molar-refractivity contribution in [2.24, 2.45) is 0 Å². The Balaban J connectivity index is 2.11. The number of aromatic nitrogens is 2. The Bertz CT molecular complexity index is 566. The molecule has 22 heavy (non-hydrogen) atoms. The summed E-state index contributed by atoms with van der Waals surface area (Å²) < 4.78 is 0. The molecule has 0 aliphatic rings. The fourth-order valence-electron chi connectivity index (χ4n) is 1.31. The van der Waals surface area contributed by atoms with E-state index in [0.717, 1.165) is 0 Å². The molecule has 1 heterocycles. The average molecular weight is 347 g/mol. The third-order valence-electron chi connectivity index (χ3n) is 2.12. The zero-order valence-corrected chi connectivity index (χ0v) is 13.5. The van der Waals surface area contributed by atoms with Gasteiger partial charge in [0.05, 0.1) is 0 Å². The maximum atomic E-state index is 11.6. The van der Waals surface area contributed by atoms with Crippen molar-refractivity contribution in [1.82, 2.24) is 20.6 Å². The van der Waals surface area contributed by atoms with Crippen molar-refractivity contribution < 1.29 is 14.7 Å². The van der Waals surface area contributed by atoms with Crippen LogP contribution in [-0.4, -0.2) is 51.8 Å². The molecule has 0 saturated heterocycles. The number of hydrogen-bond donors (Lipinski definition) is 5. The number of anilines is 1. The molecule has 0 bridgehead atoms. The molecule has 122 valence electrons. The van der Waals surface area contributed by atoms with Crippen molar-refractivity contribution in [1.29, 1.82) is 0 Å². The fourth-order valence-corrected chi connectivity index (χ4v) is 3.13. The fraction of sp³-hybridized carbons (Fsp3) is 0.455. The lowest BCUT2D eigenvalue weighted by atomic mass is 10.4. The quantitative estimate of drug-likeness (QED) is 0.347. The standard InChI is InChI=1S/C11H17N5O4S2/c1-7-6-8(17)15-9(14-7)16-10(18)12-2-4-21-22-5-3-13-11(19)20/h6,13H,2-5H2,1H3,(H,19,20)(H3,12,14,15,16,17,18). The van der Waals surface area contributed by atoms with Crippen LogP contribution in [0, 0.1) is 6.92 Å². The Morgan fingerprint density at radius 3 is 2.50 bits per heavy atom. The molecule has 9 nitrogen and oxygen atoms in total. The molecule has 0 radical (unpaired) electrons. The van der Waals surface area contributed by atoms with Crippen LogP contribution in [0.3, 0.4) is 0 Å². The smallest absolute Gasteiger partial charge is 0.404 e. The van der Waals surface area contributed by atoms with Gasteiger partial charge in [-0.2, -0.15) is 0 Å². The molecule has 0 spiro atoms. The van der Waals surface area contributed by atoms with Gasteiger partial charge >= 0.3 is 12.1 Å². The molecular weight excluding hydrogens is 330 g/mol. The first-order valence-electron chi connectivity index (χ1n) is 6.31. The SMILES string of the molecule is Cc1cc(=O)[nH]c(NC(=O)NCCSSCCNC(=O)O)n1. The minimum atomic E-state index is -1.04. The number of carbonyl (C=O) groups excluding carboxylic acids is 1. The van der Waals surface area contributed by atoms with Gasteiger partial charge in [-0.05, 0) is 6.92 Å². The van der Waals surface area contributed by atoms with Gasteiger partial charge in [-0.1, -0.05) is 21.6 Å². The molecule has 1 aromatic rings. The van der Waals surface area contributed by atoms with Gasteiger partial charge in [-0.15, -0.1) is 0 Å². The van der Waals surface area contributed by atoms with Gasteiger partial charge in [0.1, 0.15) is 0 Å². The molecule has 0 aliphatic carbocycles. The lowest BCUT2D eigenvalue weighted by molar-refractivity contribution is 0.195. The number of rotatable bonds is 8. The van der Waals surface area contributed by atoms with Crippen molar-refractivity contribution >= 4 is 39.7 Å². The summed E-state index contributed by atoms with van der Waals surface area (Å²) in [7, 11) is 3.04. The Morgan fingerprint density at radius 1 is 1.27 bits per heavy atom. The maximum absolute atomic E-state index is 11.6. The molecule has 0 aromatic carbocycles. The first-order valence-corrected chi connectivity index (χ1v) is 8.80. The van der Waals surface area contributed by atoms with Crippen molar-refractivity contribution in [2.75, 3.05) is 29.9 Å². The van der Waals surface area contributed by atoms with Gasteiger partial charge in [0.2, 0.25) is 5.95 Å². The van der Waals surface area contributed by atoms with Crippen LogP contribution in [0.25, 0.3) is 0 Å². The van der Waals surface area contributed by atoms with E-state index in [1.165, 1.54) is 27.7 Å². The third kappa shape index (κ3) is 8.42. The van der Waals surface area contributed by atoms with Gasteiger partial charge in [0.15, 0.2) is 0 Å². The van der Waals surface area contributed by atoms with Crippen LogP contribution in [0.15, 0.2) is 10.9 Å². The summed E-state index contributed by atoms with van der Waals surface area (Å²) in [5.74, 6) is 1.42. The van der Waals surface area contributed by atoms with Gasteiger partial charge in [0, 0.05) is 36.4 Å². The molecule has 3 amide bonds. The molecule has 1 rings (SSSR count). The van der Waals surface area contributed by atoms with Crippen LogP contribution < -0.4 is 21.5 Å². The second-order valence-electron chi connectivity index (χ2n) is 3.99. The van der Waals surface area contributed by atoms with Crippen LogP contribution in [-0.2, 0) is 0 Å². The predicted molar refractivity (Wildman–Crippen MR) is 87.6 cm³/mol. The van der Waals surface area contributed by atoms with Crippen LogP contribution in [0.1, 0.15) is 5.69 Å². The summed E-state index contributed by atoms with van der Waals surface area (Å²) in [6.45, 7) is 2.48. The highest BCUT2D eigenvalue weighted by atomic mass is 33.1.